The third kappa shape index (κ3) is 3.73. The molecule has 2 heteroatoms. The molecule has 0 aliphatic heterocycles. The monoisotopic (exact) mass is 83.1 g/mol. The van der Waals surface area contributed by atoms with Crippen molar-refractivity contribution >= 4 is 13.1 Å². The van der Waals surface area contributed by atoms with Gasteiger partial charge in [-0.25, -0.2) is 0 Å². The summed E-state index contributed by atoms with van der Waals surface area (Å²) >= 11 is 0. The zero-order valence-electron chi connectivity index (χ0n) is 4.60. The predicted octanol–water partition coefficient (Wildman–Crippen LogP) is 1.33. The van der Waals surface area contributed by atoms with Gasteiger partial charge in [-0.15, -0.1) is 0 Å². The molecule has 6 heavy (non-hydrogen) atoms. The highest BCUT2D eigenvalue weighted by molar-refractivity contribution is 6.54. The highest BCUT2D eigenvalue weighted by atomic mass is 14.6. The highest BCUT2D eigenvalue weighted by Gasteiger charge is 1.86. The Kier molecular flexibility index (Phi) is 2.82. The molecule has 0 saturated heterocycles. The van der Waals surface area contributed by atoms with Crippen molar-refractivity contribution in [2.45, 2.75) is 20.6 Å². The Morgan fingerprint density at radius 2 is 2.00 bits per heavy atom. The second-order valence-electron chi connectivity index (χ2n) is 1.50. The number of hydrogen-bond acceptors (Lipinski definition) is 1. The summed E-state index contributed by atoms with van der Waals surface area (Å²) < 4.78 is 0. The van der Waals surface area contributed by atoms with Crippen molar-refractivity contribution in [2.75, 3.05) is 0 Å². The molecule has 34 valence electrons. The van der Waals surface area contributed by atoms with Crippen LogP contribution in [0.4, 0.5) is 0 Å². The minimum Gasteiger partial charge on any atom is -0.354 e. The van der Waals surface area contributed by atoms with Crippen molar-refractivity contribution < 1.29 is 0 Å². The fraction of sp³-hybridized carbons (Fsp3) is 0.750. The zero-order chi connectivity index (χ0) is 4.99. The van der Waals surface area contributed by atoms with Gasteiger partial charge in [-0.3, -0.25) is 0 Å². The van der Waals surface area contributed by atoms with Crippen LogP contribution in [-0.2, 0) is 0 Å². The van der Waals surface area contributed by atoms with Gasteiger partial charge < -0.3 is 4.90 Å². The van der Waals surface area contributed by atoms with E-state index in [4.69, 9.17) is 0 Å². The van der Waals surface area contributed by atoms with Crippen molar-refractivity contribution in [1.29, 1.82) is 0 Å². The molecule has 0 bridgehead atoms. The molecular formula is C4H10BN. The van der Waals surface area contributed by atoms with E-state index in [-0.39, 0.29) is 0 Å². The van der Waals surface area contributed by atoms with Crippen molar-refractivity contribution in [3.63, 3.8) is 0 Å². The zero-order valence-corrected chi connectivity index (χ0v) is 4.60. The molecular weight excluding hydrogens is 72.9 g/mol. The topological polar surface area (TPSA) is 12.4 Å². The Morgan fingerprint density at radius 1 is 1.50 bits per heavy atom. The van der Waals surface area contributed by atoms with Crippen LogP contribution >= 0.6 is 0 Å². The lowest BCUT2D eigenvalue weighted by Crippen LogP contribution is -1.92. The van der Waals surface area contributed by atoms with Gasteiger partial charge >= 0.3 is 0 Å². The summed E-state index contributed by atoms with van der Waals surface area (Å²) in [5.41, 5.74) is 0. The lowest BCUT2D eigenvalue weighted by Gasteiger charge is -1.81. The fourth-order valence-corrected chi connectivity index (χ4v) is 0.298. The van der Waals surface area contributed by atoms with Crippen LogP contribution in [0.2, 0.25) is 13.6 Å². The van der Waals surface area contributed by atoms with Crippen LogP contribution in [0.15, 0.2) is 4.90 Å². The van der Waals surface area contributed by atoms with Gasteiger partial charge in [0.05, 0.1) is 0 Å². The Labute approximate surface area is 39.6 Å². The van der Waals surface area contributed by atoms with Crippen molar-refractivity contribution in [1.82, 2.24) is 0 Å². The first-order chi connectivity index (χ1) is 2.77. The Balaban J connectivity index is 3.03. The SMILES string of the molecule is CC=NB(C)C. The second kappa shape index (κ2) is 2.95. The first-order valence-corrected chi connectivity index (χ1v) is 2.25. The molecule has 0 aromatic heterocycles. The molecule has 0 fully saturated rings. The molecule has 1 nitrogen and oxygen atoms in total. The van der Waals surface area contributed by atoms with E-state index in [2.05, 4.69) is 18.5 Å². The number of rotatable bonds is 1. The average Bonchev–Trinajstić information content (AvgIpc) is 1.35. The quantitative estimate of drug-likeness (QED) is 0.335. The standard InChI is InChI=1S/C4H10BN/c1-4-6-5(2)3/h4H,1-3H3. The molecule has 0 N–H and O–H groups in total. The Hall–Kier alpha value is -0.265. The van der Waals surface area contributed by atoms with Crippen LogP contribution in [0.3, 0.4) is 0 Å². The predicted molar refractivity (Wildman–Crippen MR) is 31.6 cm³/mol. The van der Waals surface area contributed by atoms with Gasteiger partial charge in [0, 0.05) is 0 Å². The lowest BCUT2D eigenvalue weighted by atomic mass is 9.70. The van der Waals surface area contributed by atoms with Crippen molar-refractivity contribution in [3.05, 3.63) is 0 Å². The molecule has 0 heterocycles. The summed E-state index contributed by atoms with van der Waals surface area (Å²) in [4.78, 5) is 4.00. The summed E-state index contributed by atoms with van der Waals surface area (Å²) in [6, 6.07) is 0. The van der Waals surface area contributed by atoms with E-state index < -0.39 is 0 Å². The molecule has 0 atom stereocenters. The summed E-state index contributed by atoms with van der Waals surface area (Å²) in [6.07, 6.45) is 1.82. The maximum Gasteiger partial charge on any atom is 0.272 e. The smallest absolute Gasteiger partial charge is 0.272 e. The summed E-state index contributed by atoms with van der Waals surface area (Å²) in [7, 11) is 0. The van der Waals surface area contributed by atoms with Crippen LogP contribution in [0, 0.1) is 0 Å². The molecule has 0 aliphatic carbocycles. The van der Waals surface area contributed by atoms with Crippen molar-refractivity contribution in [2.24, 2.45) is 4.90 Å². The van der Waals surface area contributed by atoms with Crippen LogP contribution in [0.25, 0.3) is 0 Å². The van der Waals surface area contributed by atoms with E-state index in [1.165, 1.54) is 0 Å². The third-order valence-corrected chi connectivity index (χ3v) is 0.447. The molecule has 0 amide bonds. The summed E-state index contributed by atoms with van der Waals surface area (Å²) in [5, 5.41) is 0. The van der Waals surface area contributed by atoms with Gasteiger partial charge in [-0.1, -0.05) is 13.6 Å². The second-order valence-corrected chi connectivity index (χ2v) is 1.50. The van der Waals surface area contributed by atoms with Crippen LogP contribution < -0.4 is 0 Å². The maximum atomic E-state index is 4.00. The van der Waals surface area contributed by atoms with Gasteiger partial charge in [-0.2, -0.15) is 0 Å². The molecule has 0 aliphatic rings. The highest BCUT2D eigenvalue weighted by Crippen LogP contribution is 1.75. The van der Waals surface area contributed by atoms with Gasteiger partial charge in [0.2, 0.25) is 0 Å². The number of nitrogens with zero attached hydrogens (tertiary/aromatic N) is 1. The van der Waals surface area contributed by atoms with E-state index in [1.54, 1.807) is 0 Å². The van der Waals surface area contributed by atoms with E-state index in [0.29, 0.717) is 6.85 Å². The lowest BCUT2D eigenvalue weighted by molar-refractivity contribution is 1.70. The van der Waals surface area contributed by atoms with E-state index in [9.17, 15) is 0 Å². The largest absolute Gasteiger partial charge is 0.354 e. The Morgan fingerprint density at radius 3 is 2.00 bits per heavy atom. The maximum absolute atomic E-state index is 4.00. The van der Waals surface area contributed by atoms with Crippen LogP contribution in [0.5, 0.6) is 0 Å². The van der Waals surface area contributed by atoms with Crippen LogP contribution in [0.1, 0.15) is 6.92 Å². The minimum atomic E-state index is 0.468. The van der Waals surface area contributed by atoms with Gasteiger partial charge in [0.1, 0.15) is 0 Å². The van der Waals surface area contributed by atoms with E-state index >= 15 is 0 Å². The minimum absolute atomic E-state index is 0.468. The van der Waals surface area contributed by atoms with Crippen molar-refractivity contribution in [3.8, 4) is 0 Å². The molecule has 0 saturated carbocycles. The molecule has 0 radical (unpaired) electrons. The third-order valence-electron chi connectivity index (χ3n) is 0.447. The van der Waals surface area contributed by atoms with Crippen LogP contribution in [-0.4, -0.2) is 13.1 Å². The first kappa shape index (κ1) is 5.73. The van der Waals surface area contributed by atoms with E-state index in [0.717, 1.165) is 0 Å². The molecule has 0 aromatic rings. The fourth-order valence-electron chi connectivity index (χ4n) is 0.298. The molecule has 0 spiro atoms. The van der Waals surface area contributed by atoms with Gasteiger partial charge in [-0.05, 0) is 13.1 Å². The first-order valence-electron chi connectivity index (χ1n) is 2.25. The summed E-state index contributed by atoms with van der Waals surface area (Å²) in [5.74, 6) is 0. The Bertz CT molecular complexity index is 49.5. The van der Waals surface area contributed by atoms with Gasteiger partial charge in [0.25, 0.3) is 6.85 Å². The van der Waals surface area contributed by atoms with E-state index in [1.807, 2.05) is 13.1 Å². The normalized spacial score (nSPS) is 9.83. The van der Waals surface area contributed by atoms with Gasteiger partial charge in [0.15, 0.2) is 0 Å². The average molecular weight is 82.9 g/mol. The molecule has 0 rings (SSSR count). The molecule has 0 aromatic carbocycles. The summed E-state index contributed by atoms with van der Waals surface area (Å²) in [6.45, 7) is 6.51. The molecule has 0 unspecified atom stereocenters. The number of hydrogen-bond donors (Lipinski definition) is 0.